The number of nitrogens with zero attached hydrogens (tertiary/aromatic N) is 9. The van der Waals surface area contributed by atoms with Crippen LogP contribution in [0.15, 0.2) is 91.1 Å². The van der Waals surface area contributed by atoms with Gasteiger partial charge in [0.05, 0.1) is 90.0 Å². The number of carbonyl (C=O) groups is 1. The summed E-state index contributed by atoms with van der Waals surface area (Å²) >= 11 is 0. The molecule has 4 aromatic heterocycles. The van der Waals surface area contributed by atoms with E-state index in [2.05, 4.69) is 20.3 Å². The van der Waals surface area contributed by atoms with Crippen LogP contribution in [0.4, 0.5) is 0 Å². The van der Waals surface area contributed by atoms with Crippen molar-refractivity contribution in [1.82, 2.24) is 54.9 Å². The number of methoxy groups -OCH3 is 1. The van der Waals surface area contributed by atoms with Crippen molar-refractivity contribution in [3.63, 3.8) is 0 Å². The van der Waals surface area contributed by atoms with E-state index in [0.717, 1.165) is 32.7 Å². The molecule has 4 aromatic carbocycles. The minimum atomic E-state index is -1.00. The summed E-state index contributed by atoms with van der Waals surface area (Å²) in [6, 6.07) is 27.4. The molecule has 8 aromatic rings. The van der Waals surface area contributed by atoms with Gasteiger partial charge in [0.25, 0.3) is 0 Å². The number of aromatic amines is 2. The second kappa shape index (κ2) is 22.3. The van der Waals surface area contributed by atoms with Gasteiger partial charge in [0.2, 0.25) is 0 Å². The van der Waals surface area contributed by atoms with Crippen LogP contribution in [-0.4, -0.2) is 152 Å². The van der Waals surface area contributed by atoms with E-state index in [1.807, 2.05) is 84.9 Å². The maximum atomic E-state index is 10.9. The molecule has 21 heteroatoms. The Balaban J connectivity index is 0.952. The van der Waals surface area contributed by atoms with Gasteiger partial charge in [0, 0.05) is 39.8 Å². The molecule has 0 amide bonds. The third-order valence-electron chi connectivity index (χ3n) is 11.3. The quantitative estimate of drug-likeness (QED) is 0.0567. The molecule has 0 atom stereocenters. The molecule has 21 nitrogen and oxygen atoms in total. The zero-order valence-corrected chi connectivity index (χ0v) is 38.7. The Kier molecular flexibility index (Phi) is 14.7. The second-order valence-electron chi connectivity index (χ2n) is 16.1. The van der Waals surface area contributed by atoms with E-state index in [1.54, 1.807) is 7.11 Å². The molecule has 8 bridgehead atoms. The monoisotopic (exact) mass is 963 g/mol. The van der Waals surface area contributed by atoms with Crippen molar-refractivity contribution in [2.45, 2.75) is 13.2 Å². The molecule has 6 heterocycles. The van der Waals surface area contributed by atoms with Gasteiger partial charge in [-0.05, 0) is 12.1 Å². The van der Waals surface area contributed by atoms with Crippen LogP contribution in [0, 0.1) is 0 Å². The standard InChI is InChI=1S/C50H49N11O10/c1-64-16-17-65-18-20-67-24-26-70-38-14-15-39(71-27-25-68-21-19-66-22-23-69-30-31-28-61(60-59-31)29-40(62)63)42-41(38)49-56-47-36-12-6-4-10-34(36)45(54-47)52-43-32-8-2-3-9-33(32)44(51-43)53-46-35-11-5-7-13-37(35)48(55-46)57-50(42)58-49/h2-15,28H,16-27,29-30H2,1H3,(H,62,63)(H2,51,52,53,54,55,56,57,58). The van der Waals surface area contributed by atoms with Gasteiger partial charge in [-0.3, -0.25) is 4.79 Å². The van der Waals surface area contributed by atoms with Crippen molar-refractivity contribution < 1.29 is 47.8 Å². The largest absolute Gasteiger partial charge is 0.490 e. The first-order chi connectivity index (χ1) is 35.0. The first-order valence-corrected chi connectivity index (χ1v) is 23.0. The topological polar surface area (TPSA) is 251 Å². The third-order valence-corrected chi connectivity index (χ3v) is 11.3. The number of aromatic nitrogens is 11. The summed E-state index contributed by atoms with van der Waals surface area (Å²) in [4.78, 5) is 48.7. The number of carboxylic acid groups (broad SMARTS) is 1. The van der Waals surface area contributed by atoms with Crippen LogP contribution in [0.25, 0.3) is 89.7 Å². The van der Waals surface area contributed by atoms with Crippen molar-refractivity contribution in [1.29, 1.82) is 0 Å². The fraction of sp³-hybridized carbons (Fsp3) is 0.300. The normalized spacial score (nSPS) is 11.8. The van der Waals surface area contributed by atoms with Gasteiger partial charge >= 0.3 is 5.97 Å². The minimum Gasteiger partial charge on any atom is -0.490 e. The van der Waals surface area contributed by atoms with Gasteiger partial charge in [-0.25, -0.2) is 34.6 Å². The van der Waals surface area contributed by atoms with Crippen molar-refractivity contribution >= 4 is 50.1 Å². The Labute approximate surface area is 405 Å². The summed E-state index contributed by atoms with van der Waals surface area (Å²) < 4.78 is 47.8. The highest BCUT2D eigenvalue weighted by Gasteiger charge is 2.29. The highest BCUT2D eigenvalue weighted by molar-refractivity contribution is 6.06. The van der Waals surface area contributed by atoms with Crippen LogP contribution in [0.5, 0.6) is 11.5 Å². The highest BCUT2D eigenvalue weighted by atomic mass is 16.6. The van der Waals surface area contributed by atoms with Gasteiger partial charge in [-0.1, -0.05) is 78.0 Å². The zero-order valence-electron chi connectivity index (χ0n) is 38.7. The van der Waals surface area contributed by atoms with Crippen LogP contribution in [0.1, 0.15) is 5.69 Å². The number of aliphatic carboxylic acids is 1. The number of hydrogen-bond donors (Lipinski definition) is 3. The molecule has 0 saturated carbocycles. The Hall–Kier alpha value is -7.79. The maximum Gasteiger partial charge on any atom is 0.325 e. The minimum absolute atomic E-state index is 0.185. The lowest BCUT2D eigenvalue weighted by Gasteiger charge is -2.15. The van der Waals surface area contributed by atoms with E-state index in [-0.39, 0.29) is 33.0 Å². The van der Waals surface area contributed by atoms with Crippen molar-refractivity contribution in [2.24, 2.45) is 0 Å². The molecule has 0 radical (unpaired) electrons. The van der Waals surface area contributed by atoms with Gasteiger partial charge in [-0.15, -0.1) is 5.10 Å². The number of ether oxygens (including phenoxy) is 8. The number of nitrogens with one attached hydrogen (secondary N) is 2. The molecule has 0 saturated heterocycles. The Morgan fingerprint density at radius 3 is 1.38 bits per heavy atom. The smallest absolute Gasteiger partial charge is 0.325 e. The second-order valence-corrected chi connectivity index (χ2v) is 16.1. The first kappa shape index (κ1) is 46.9. The number of fused-ring (bicyclic) bond motifs is 20. The average Bonchev–Trinajstić information content (AvgIpc) is 4.21. The van der Waals surface area contributed by atoms with E-state index < -0.39 is 5.97 Å². The number of rotatable bonds is 24. The summed E-state index contributed by atoms with van der Waals surface area (Å²) in [5.41, 5.74) is 5.62. The molecule has 2 aliphatic heterocycles. The van der Waals surface area contributed by atoms with Crippen LogP contribution < -0.4 is 9.47 Å². The molecule has 0 aliphatic carbocycles. The predicted molar refractivity (Wildman–Crippen MR) is 260 cm³/mol. The van der Waals surface area contributed by atoms with Crippen LogP contribution in [0.2, 0.25) is 0 Å². The SMILES string of the molecule is COCCOCCOCCOc1ccc(OCCOCCOCCOCc2cn(CC(=O)O)nn2)c2c1-c1nc-2nc2[nH]c(nc3nc(nc4[nH]c(n1)c1ccccc41)-c1ccccc1-3)c1ccccc21. The summed E-state index contributed by atoms with van der Waals surface area (Å²) in [6.45, 7) is 4.02. The zero-order chi connectivity index (χ0) is 48.4. The molecule has 364 valence electrons. The number of hydrogen-bond acceptors (Lipinski definition) is 17. The lowest BCUT2D eigenvalue weighted by Crippen LogP contribution is -2.13. The molecule has 71 heavy (non-hydrogen) atoms. The highest BCUT2D eigenvalue weighted by Crippen LogP contribution is 2.46. The first-order valence-electron chi connectivity index (χ1n) is 23.0. The van der Waals surface area contributed by atoms with Crippen LogP contribution >= 0.6 is 0 Å². The fourth-order valence-corrected chi connectivity index (χ4v) is 8.07. The Morgan fingerprint density at radius 2 is 0.915 bits per heavy atom. The predicted octanol–water partition coefficient (Wildman–Crippen LogP) is 6.23. The number of H-pyrrole nitrogens is 2. The van der Waals surface area contributed by atoms with Crippen molar-refractivity contribution in [2.75, 3.05) is 86.4 Å². The molecule has 3 N–H and O–H groups in total. The van der Waals surface area contributed by atoms with E-state index in [9.17, 15) is 4.79 Å². The molecule has 0 spiro atoms. The van der Waals surface area contributed by atoms with E-state index >= 15 is 0 Å². The van der Waals surface area contributed by atoms with E-state index in [0.29, 0.717) is 134 Å². The lowest BCUT2D eigenvalue weighted by molar-refractivity contribution is -0.137. The molecule has 0 fully saturated rings. The third kappa shape index (κ3) is 10.8. The summed E-state index contributed by atoms with van der Waals surface area (Å²) in [6.07, 6.45) is 1.53. The molecule has 2 aliphatic rings. The molecular weight excluding hydrogens is 915 g/mol. The van der Waals surface area contributed by atoms with Gasteiger partial charge in [0.1, 0.15) is 59.5 Å². The van der Waals surface area contributed by atoms with Gasteiger partial charge in [0.15, 0.2) is 23.3 Å². The van der Waals surface area contributed by atoms with Crippen LogP contribution in [-0.2, 0) is 46.4 Å². The summed E-state index contributed by atoms with van der Waals surface area (Å²) in [5.74, 6) is 1.72. The van der Waals surface area contributed by atoms with E-state index in [1.165, 1.54) is 10.9 Å². The van der Waals surface area contributed by atoms with Crippen molar-refractivity contribution in [3.8, 4) is 57.1 Å². The maximum absolute atomic E-state index is 10.9. The molecular formula is C50H49N11O10. The van der Waals surface area contributed by atoms with Crippen LogP contribution in [0.3, 0.4) is 0 Å². The summed E-state index contributed by atoms with van der Waals surface area (Å²) in [5, 5.41) is 20.0. The fourth-order valence-electron chi connectivity index (χ4n) is 8.07. The number of carboxylic acids is 1. The Morgan fingerprint density at radius 1 is 0.507 bits per heavy atom. The van der Waals surface area contributed by atoms with Crippen molar-refractivity contribution in [3.05, 3.63) is 96.8 Å². The lowest BCUT2D eigenvalue weighted by atomic mass is 10.1. The van der Waals surface area contributed by atoms with Gasteiger partial charge in [-0.2, -0.15) is 0 Å². The number of benzene rings is 4. The molecule has 0 unspecified atom stereocenters. The molecule has 10 rings (SSSR count). The summed E-state index contributed by atoms with van der Waals surface area (Å²) in [7, 11) is 1.63. The van der Waals surface area contributed by atoms with E-state index in [4.69, 9.17) is 72.9 Å². The van der Waals surface area contributed by atoms with Gasteiger partial charge < -0.3 is 53.0 Å². The average molecular weight is 964 g/mol. The Bertz CT molecular complexity index is 3340.